The number of phenolic OH excluding ortho intramolecular Hbond substituents is 1. The fraction of sp³-hybridized carbons (Fsp3) is 0.273. The first-order chi connectivity index (χ1) is 7.00. The van der Waals surface area contributed by atoms with Crippen molar-refractivity contribution in [3.63, 3.8) is 0 Å². The zero-order valence-corrected chi connectivity index (χ0v) is 8.30. The molecule has 1 unspecified atom stereocenters. The third-order valence-corrected chi connectivity index (χ3v) is 2.06. The van der Waals surface area contributed by atoms with Gasteiger partial charge in [0.2, 0.25) is 0 Å². The van der Waals surface area contributed by atoms with Crippen LogP contribution in [0.1, 0.15) is 23.7 Å². The van der Waals surface area contributed by atoms with Crippen molar-refractivity contribution >= 4 is 11.8 Å². The summed E-state index contributed by atoms with van der Waals surface area (Å²) in [6.45, 7) is 1.56. The largest absolute Gasteiger partial charge is 0.508 e. The topological polar surface area (TPSA) is 74.6 Å². The Morgan fingerprint density at radius 3 is 2.60 bits per heavy atom. The van der Waals surface area contributed by atoms with E-state index in [1.807, 2.05) is 0 Å². The number of phenols is 1. The van der Waals surface area contributed by atoms with Gasteiger partial charge >= 0.3 is 5.97 Å². The molecule has 0 saturated heterocycles. The molecule has 0 saturated carbocycles. The molecule has 0 aromatic heterocycles. The number of hydrogen-bond donors (Lipinski definition) is 2. The third-order valence-electron chi connectivity index (χ3n) is 2.06. The summed E-state index contributed by atoms with van der Waals surface area (Å²) >= 11 is 0. The van der Waals surface area contributed by atoms with Crippen LogP contribution in [0, 0.1) is 5.92 Å². The number of ketones is 1. The van der Waals surface area contributed by atoms with Gasteiger partial charge in [0, 0.05) is 11.5 Å². The van der Waals surface area contributed by atoms with E-state index in [4.69, 9.17) is 10.2 Å². The minimum absolute atomic E-state index is 0.00313. The van der Waals surface area contributed by atoms with Crippen LogP contribution >= 0.6 is 0 Å². The van der Waals surface area contributed by atoms with E-state index in [-0.39, 0.29) is 18.0 Å². The second-order valence-electron chi connectivity index (χ2n) is 3.41. The summed E-state index contributed by atoms with van der Waals surface area (Å²) in [4.78, 5) is 22.1. The van der Waals surface area contributed by atoms with Crippen LogP contribution in [0.15, 0.2) is 24.3 Å². The van der Waals surface area contributed by atoms with Gasteiger partial charge in [-0.15, -0.1) is 0 Å². The van der Waals surface area contributed by atoms with Crippen LogP contribution in [0.4, 0.5) is 0 Å². The quantitative estimate of drug-likeness (QED) is 0.738. The molecule has 15 heavy (non-hydrogen) atoms. The number of carboxylic acids is 1. The Bertz CT molecular complexity index is 384. The van der Waals surface area contributed by atoms with Gasteiger partial charge in [0.1, 0.15) is 5.75 Å². The second kappa shape index (κ2) is 4.59. The molecule has 0 aliphatic rings. The van der Waals surface area contributed by atoms with Gasteiger partial charge in [-0.1, -0.05) is 19.1 Å². The van der Waals surface area contributed by atoms with Gasteiger partial charge in [0.25, 0.3) is 0 Å². The smallest absolute Gasteiger partial charge is 0.304 e. The Kier molecular flexibility index (Phi) is 3.44. The molecule has 4 heteroatoms. The van der Waals surface area contributed by atoms with E-state index < -0.39 is 11.9 Å². The molecule has 1 atom stereocenters. The molecular weight excluding hydrogens is 196 g/mol. The van der Waals surface area contributed by atoms with Gasteiger partial charge < -0.3 is 10.2 Å². The van der Waals surface area contributed by atoms with Crippen LogP contribution in [-0.2, 0) is 4.79 Å². The predicted molar refractivity (Wildman–Crippen MR) is 53.9 cm³/mol. The van der Waals surface area contributed by atoms with Crippen LogP contribution in [0.5, 0.6) is 5.75 Å². The fourth-order valence-electron chi connectivity index (χ4n) is 1.30. The average molecular weight is 208 g/mol. The Morgan fingerprint density at radius 1 is 1.40 bits per heavy atom. The van der Waals surface area contributed by atoms with Gasteiger partial charge in [-0.05, 0) is 12.1 Å². The lowest BCUT2D eigenvalue weighted by atomic mass is 9.96. The maximum absolute atomic E-state index is 11.7. The zero-order valence-electron chi connectivity index (χ0n) is 8.30. The highest BCUT2D eigenvalue weighted by molar-refractivity contribution is 5.99. The van der Waals surface area contributed by atoms with Crippen molar-refractivity contribution in [1.29, 1.82) is 0 Å². The molecule has 0 aliphatic carbocycles. The molecule has 0 bridgehead atoms. The molecule has 0 aliphatic heterocycles. The first-order valence-electron chi connectivity index (χ1n) is 4.55. The summed E-state index contributed by atoms with van der Waals surface area (Å²) in [6.07, 6.45) is -0.200. The van der Waals surface area contributed by atoms with E-state index in [0.29, 0.717) is 5.56 Å². The van der Waals surface area contributed by atoms with E-state index in [0.717, 1.165) is 0 Å². The third kappa shape index (κ3) is 3.09. The summed E-state index contributed by atoms with van der Waals surface area (Å²) in [5, 5.41) is 17.7. The van der Waals surface area contributed by atoms with Crippen molar-refractivity contribution in [2.24, 2.45) is 5.92 Å². The van der Waals surface area contributed by atoms with E-state index in [1.54, 1.807) is 19.1 Å². The summed E-state index contributed by atoms with van der Waals surface area (Å²) < 4.78 is 0. The monoisotopic (exact) mass is 208 g/mol. The standard InChI is InChI=1S/C11H12O4/c1-7(5-10(13)14)11(15)8-3-2-4-9(12)6-8/h2-4,6-7,12H,5H2,1H3,(H,13,14). The van der Waals surface area contributed by atoms with Crippen LogP contribution in [0.2, 0.25) is 0 Å². The van der Waals surface area contributed by atoms with Crippen molar-refractivity contribution in [3.8, 4) is 5.75 Å². The van der Waals surface area contributed by atoms with Gasteiger partial charge in [-0.3, -0.25) is 9.59 Å². The normalized spacial score (nSPS) is 12.1. The molecule has 0 amide bonds. The number of aromatic hydroxyl groups is 1. The summed E-state index contributed by atoms with van der Waals surface area (Å²) in [5.74, 6) is -1.85. The molecule has 1 aromatic rings. The second-order valence-corrected chi connectivity index (χ2v) is 3.41. The number of carbonyl (C=O) groups excluding carboxylic acids is 1. The molecule has 4 nitrogen and oxygen atoms in total. The minimum Gasteiger partial charge on any atom is -0.508 e. The minimum atomic E-state index is -1.00. The van der Waals surface area contributed by atoms with Gasteiger partial charge in [-0.25, -0.2) is 0 Å². The van der Waals surface area contributed by atoms with Crippen LogP contribution in [0.25, 0.3) is 0 Å². The number of hydrogen-bond acceptors (Lipinski definition) is 3. The van der Waals surface area contributed by atoms with E-state index in [1.165, 1.54) is 12.1 Å². The van der Waals surface area contributed by atoms with E-state index in [9.17, 15) is 9.59 Å². The maximum atomic E-state index is 11.7. The summed E-state index contributed by atoms with van der Waals surface area (Å²) in [7, 11) is 0. The van der Waals surface area contributed by atoms with E-state index in [2.05, 4.69) is 0 Å². The summed E-state index contributed by atoms with van der Waals surface area (Å²) in [5.41, 5.74) is 0.337. The zero-order chi connectivity index (χ0) is 11.4. The molecule has 80 valence electrons. The first-order valence-corrected chi connectivity index (χ1v) is 4.55. The molecule has 1 aromatic carbocycles. The van der Waals surface area contributed by atoms with Crippen molar-refractivity contribution in [1.82, 2.24) is 0 Å². The Morgan fingerprint density at radius 2 is 2.07 bits per heavy atom. The number of carbonyl (C=O) groups is 2. The highest BCUT2D eigenvalue weighted by Gasteiger charge is 2.18. The average Bonchev–Trinajstić information content (AvgIpc) is 2.15. The molecular formula is C11H12O4. The van der Waals surface area contributed by atoms with Gasteiger partial charge in [-0.2, -0.15) is 0 Å². The lowest BCUT2D eigenvalue weighted by Crippen LogP contribution is -2.15. The Labute approximate surface area is 87.2 Å². The number of rotatable bonds is 4. The van der Waals surface area contributed by atoms with Crippen molar-refractivity contribution in [3.05, 3.63) is 29.8 Å². The Hall–Kier alpha value is -1.84. The lowest BCUT2D eigenvalue weighted by Gasteiger charge is -2.07. The van der Waals surface area contributed by atoms with Crippen molar-refractivity contribution < 1.29 is 19.8 Å². The van der Waals surface area contributed by atoms with Gasteiger partial charge in [0.05, 0.1) is 6.42 Å². The predicted octanol–water partition coefficient (Wildman–Crippen LogP) is 1.69. The van der Waals surface area contributed by atoms with Crippen molar-refractivity contribution in [2.45, 2.75) is 13.3 Å². The highest BCUT2D eigenvalue weighted by Crippen LogP contribution is 2.16. The first kappa shape index (κ1) is 11.2. The number of Topliss-reactive ketones (excluding diaryl/α,β-unsaturated/α-hetero) is 1. The SMILES string of the molecule is CC(CC(=O)O)C(=O)c1cccc(O)c1. The van der Waals surface area contributed by atoms with Crippen molar-refractivity contribution in [2.75, 3.05) is 0 Å². The van der Waals surface area contributed by atoms with Crippen LogP contribution in [-0.4, -0.2) is 22.0 Å². The lowest BCUT2D eigenvalue weighted by molar-refractivity contribution is -0.137. The van der Waals surface area contributed by atoms with E-state index >= 15 is 0 Å². The van der Waals surface area contributed by atoms with Crippen LogP contribution in [0.3, 0.4) is 0 Å². The molecule has 0 spiro atoms. The molecule has 1 rings (SSSR count). The van der Waals surface area contributed by atoms with Crippen LogP contribution < -0.4 is 0 Å². The number of benzene rings is 1. The molecule has 0 radical (unpaired) electrons. The number of carboxylic acid groups (broad SMARTS) is 1. The summed E-state index contributed by atoms with van der Waals surface area (Å²) in [6, 6.07) is 5.90. The molecule has 0 fully saturated rings. The number of aliphatic carboxylic acids is 1. The maximum Gasteiger partial charge on any atom is 0.304 e. The highest BCUT2D eigenvalue weighted by atomic mass is 16.4. The van der Waals surface area contributed by atoms with Gasteiger partial charge in [0.15, 0.2) is 5.78 Å². The molecule has 2 N–H and O–H groups in total. The fourth-order valence-corrected chi connectivity index (χ4v) is 1.30. The molecule has 0 heterocycles. The Balaban J connectivity index is 2.80.